The van der Waals surface area contributed by atoms with E-state index in [2.05, 4.69) is 163 Å². The fourth-order valence-corrected chi connectivity index (χ4v) is 14.9. The number of hydrogen-bond donors (Lipinski definition) is 0. The normalized spacial score (nSPS) is 20.0. The monoisotopic (exact) mass is 644 g/mol. The van der Waals surface area contributed by atoms with Gasteiger partial charge in [-0.1, -0.05) is 168 Å². The molecule has 3 atom stereocenters. The lowest BCUT2D eigenvalue weighted by atomic mass is 9.94. The molecule has 3 unspecified atom stereocenters. The summed E-state index contributed by atoms with van der Waals surface area (Å²) in [6, 6.07) is 23.7. The number of fused-ring (bicyclic) bond motifs is 1. The Morgan fingerprint density at radius 3 is 1.11 bits per heavy atom. The second-order valence-corrected chi connectivity index (χ2v) is 21.1. The van der Waals surface area contributed by atoms with Crippen LogP contribution in [-0.4, -0.2) is 8.07 Å². The fourth-order valence-electron chi connectivity index (χ4n) is 8.63. The zero-order chi connectivity index (χ0) is 34.4. The molecule has 0 spiro atoms. The molecule has 2 aliphatic carbocycles. The minimum Gasteiger partial charge on any atom is -0.0839 e. The van der Waals surface area contributed by atoms with E-state index in [0.717, 1.165) is 0 Å². The molecule has 0 bridgehead atoms. The maximum Gasteiger partial charge on any atom is 0.155 e. The van der Waals surface area contributed by atoms with Crippen molar-refractivity contribution in [3.05, 3.63) is 112 Å². The average molecular weight is 645 g/mol. The Balaban J connectivity index is 2.07. The van der Waals surface area contributed by atoms with Crippen molar-refractivity contribution in [2.24, 2.45) is 11.8 Å². The van der Waals surface area contributed by atoms with Crippen molar-refractivity contribution in [1.82, 2.24) is 0 Å². The molecule has 2 aliphatic rings. The molecule has 3 aromatic carbocycles. The molecule has 0 aliphatic heterocycles. The topological polar surface area (TPSA) is 0 Å². The van der Waals surface area contributed by atoms with Gasteiger partial charge in [0.05, 0.1) is 0 Å². The van der Waals surface area contributed by atoms with E-state index in [1.54, 1.807) is 21.1 Å². The third kappa shape index (κ3) is 6.81. The zero-order valence-electron chi connectivity index (χ0n) is 32.0. The Bertz CT molecular complexity index is 1390. The molecule has 0 radical (unpaired) electrons. The van der Waals surface area contributed by atoms with Crippen LogP contribution in [0.4, 0.5) is 0 Å². The summed E-state index contributed by atoms with van der Waals surface area (Å²) in [5, 5.41) is 4.89. The summed E-state index contributed by atoms with van der Waals surface area (Å²) < 4.78 is 0. The molecule has 0 saturated heterocycles. The maximum atomic E-state index is 2.69. The summed E-state index contributed by atoms with van der Waals surface area (Å²) in [7, 11) is -2.73. The molecule has 1 fully saturated rings. The van der Waals surface area contributed by atoms with Crippen LogP contribution in [0.25, 0.3) is 0 Å². The summed E-state index contributed by atoms with van der Waals surface area (Å²) in [6.45, 7) is 31.3. The van der Waals surface area contributed by atoms with Crippen LogP contribution >= 0.6 is 0 Å². The Labute approximate surface area is 290 Å². The van der Waals surface area contributed by atoms with Crippen molar-refractivity contribution in [3.8, 4) is 0 Å². The molecule has 252 valence electrons. The number of allylic oxidation sites excluding steroid dienone is 4. The average Bonchev–Trinajstić information content (AvgIpc) is 3.36. The standard InChI is InChI=1S/C46H64Si/c1-28(2)36-19-37(29(3)4)23-42(22-36)47(46-34(13)18-35-16-14-15-17-45(35)46,43-24-38(30(5)6)20-39(25-43)31(7)8)44-26-40(32(9)10)21-41(27-44)33(11)12/h14-15,17,19-35,46H,16,18H2,1-13H3. The molecular formula is C46H64Si. The van der Waals surface area contributed by atoms with Crippen LogP contribution in [-0.2, 0) is 0 Å². The summed E-state index contributed by atoms with van der Waals surface area (Å²) >= 11 is 0. The van der Waals surface area contributed by atoms with E-state index in [1.807, 2.05) is 0 Å². The van der Waals surface area contributed by atoms with Crippen LogP contribution in [0, 0.1) is 11.8 Å². The van der Waals surface area contributed by atoms with E-state index in [9.17, 15) is 0 Å². The van der Waals surface area contributed by atoms with Gasteiger partial charge in [-0.2, -0.15) is 0 Å². The lowest BCUT2D eigenvalue weighted by Crippen LogP contribution is -2.71. The Kier molecular flexibility index (Phi) is 10.7. The first-order valence-electron chi connectivity index (χ1n) is 19.0. The third-order valence-electron chi connectivity index (χ3n) is 11.7. The van der Waals surface area contributed by atoms with E-state index < -0.39 is 8.07 Å². The summed E-state index contributed by atoms with van der Waals surface area (Å²) in [5.74, 6) is 4.13. The molecule has 0 heterocycles. The van der Waals surface area contributed by atoms with E-state index in [4.69, 9.17) is 0 Å². The Morgan fingerprint density at radius 1 is 0.489 bits per heavy atom. The highest BCUT2D eigenvalue weighted by Crippen LogP contribution is 2.53. The number of rotatable bonds is 10. The van der Waals surface area contributed by atoms with Gasteiger partial charge in [0, 0.05) is 0 Å². The second kappa shape index (κ2) is 14.1. The number of benzene rings is 3. The molecule has 0 N–H and O–H groups in total. The zero-order valence-corrected chi connectivity index (χ0v) is 33.0. The minimum atomic E-state index is -2.73. The predicted molar refractivity (Wildman–Crippen MR) is 211 cm³/mol. The van der Waals surface area contributed by atoms with Gasteiger partial charge in [0.25, 0.3) is 0 Å². The molecular weight excluding hydrogens is 581 g/mol. The van der Waals surface area contributed by atoms with E-state index in [1.165, 1.54) is 46.2 Å². The molecule has 47 heavy (non-hydrogen) atoms. The molecule has 0 aromatic heterocycles. The van der Waals surface area contributed by atoms with Crippen LogP contribution in [0.15, 0.2) is 78.4 Å². The van der Waals surface area contributed by atoms with Crippen LogP contribution in [0.1, 0.15) is 172 Å². The smallest absolute Gasteiger partial charge is 0.0839 e. The van der Waals surface area contributed by atoms with Crippen molar-refractivity contribution < 1.29 is 0 Å². The highest BCUT2D eigenvalue weighted by Gasteiger charge is 2.54. The second-order valence-electron chi connectivity index (χ2n) is 17.1. The van der Waals surface area contributed by atoms with Crippen molar-refractivity contribution in [3.63, 3.8) is 0 Å². The molecule has 5 rings (SSSR count). The van der Waals surface area contributed by atoms with Crippen LogP contribution in [0.5, 0.6) is 0 Å². The van der Waals surface area contributed by atoms with Crippen molar-refractivity contribution in [2.75, 3.05) is 0 Å². The Hall–Kier alpha value is -2.64. The first-order chi connectivity index (χ1) is 22.1. The largest absolute Gasteiger partial charge is 0.155 e. The molecule has 0 amide bonds. The van der Waals surface area contributed by atoms with Gasteiger partial charge in [-0.05, 0) is 115 Å². The van der Waals surface area contributed by atoms with E-state index in [0.29, 0.717) is 52.9 Å². The quantitative estimate of drug-likeness (QED) is 0.152. The molecule has 0 nitrogen and oxygen atoms in total. The van der Waals surface area contributed by atoms with Crippen molar-refractivity contribution in [1.29, 1.82) is 0 Å². The maximum absolute atomic E-state index is 2.73. The fraction of sp³-hybridized carbons (Fsp3) is 0.522. The lowest BCUT2D eigenvalue weighted by Gasteiger charge is -2.44. The summed E-state index contributed by atoms with van der Waals surface area (Å²) in [4.78, 5) is 0. The van der Waals surface area contributed by atoms with Gasteiger partial charge in [0.2, 0.25) is 0 Å². The van der Waals surface area contributed by atoms with E-state index in [-0.39, 0.29) is 0 Å². The summed E-state index contributed by atoms with van der Waals surface area (Å²) in [5.41, 5.74) is 11.2. The Morgan fingerprint density at radius 2 is 0.809 bits per heavy atom. The highest BCUT2D eigenvalue weighted by atomic mass is 28.3. The SMILES string of the molecule is CC(C)c1cc(C(C)C)cc([Si](c2cc(C(C)C)cc(C(C)C)c2)(c2cc(C(C)C)cc(C(C)C)c2)C2C3=CC=CCC3CC2C)c1. The van der Waals surface area contributed by atoms with Gasteiger partial charge < -0.3 is 0 Å². The first-order valence-corrected chi connectivity index (χ1v) is 21.0. The first kappa shape index (κ1) is 35.7. The molecule has 1 saturated carbocycles. The molecule has 3 aromatic rings. The minimum absolute atomic E-state index is 0.478. The van der Waals surface area contributed by atoms with E-state index >= 15 is 0 Å². The van der Waals surface area contributed by atoms with Gasteiger partial charge in [0.1, 0.15) is 0 Å². The van der Waals surface area contributed by atoms with Crippen molar-refractivity contribution >= 4 is 23.6 Å². The van der Waals surface area contributed by atoms with Gasteiger partial charge in [-0.15, -0.1) is 0 Å². The predicted octanol–water partition coefficient (Wildman–Crippen LogP) is 11.8. The van der Waals surface area contributed by atoms with Crippen LogP contribution in [0.2, 0.25) is 5.54 Å². The van der Waals surface area contributed by atoms with Crippen molar-refractivity contribution in [2.45, 2.75) is 144 Å². The van der Waals surface area contributed by atoms with Gasteiger partial charge in [0.15, 0.2) is 8.07 Å². The third-order valence-corrected chi connectivity index (χ3v) is 17.1. The lowest BCUT2D eigenvalue weighted by molar-refractivity contribution is 0.536. The molecule has 1 heteroatoms. The highest BCUT2D eigenvalue weighted by molar-refractivity contribution is 7.13. The van der Waals surface area contributed by atoms with Gasteiger partial charge in [-0.3, -0.25) is 0 Å². The van der Waals surface area contributed by atoms with Gasteiger partial charge in [-0.25, -0.2) is 0 Å². The summed E-state index contributed by atoms with van der Waals surface area (Å²) in [6.07, 6.45) is 9.85. The van der Waals surface area contributed by atoms with Gasteiger partial charge >= 0.3 is 0 Å². The van der Waals surface area contributed by atoms with Crippen LogP contribution < -0.4 is 15.6 Å². The number of hydrogen-bond acceptors (Lipinski definition) is 0. The van der Waals surface area contributed by atoms with Crippen LogP contribution in [0.3, 0.4) is 0 Å².